The van der Waals surface area contributed by atoms with Gasteiger partial charge < -0.3 is 14.3 Å². The van der Waals surface area contributed by atoms with Gasteiger partial charge in [-0.05, 0) is 69.8 Å². The first kappa shape index (κ1) is 31.6. The predicted molar refractivity (Wildman–Crippen MR) is 173 cm³/mol. The fraction of sp³-hybridized carbons (Fsp3) is 0.182. The van der Waals surface area contributed by atoms with Gasteiger partial charge in [-0.3, -0.25) is 4.28 Å². The lowest BCUT2D eigenvalue weighted by atomic mass is 9.96. The number of carbonyl (C=O) groups excluding carboxylic acids is 1. The molecule has 44 heavy (non-hydrogen) atoms. The van der Waals surface area contributed by atoms with Crippen molar-refractivity contribution in [2.75, 3.05) is 20.0 Å². The number of benzene rings is 4. The van der Waals surface area contributed by atoms with Crippen LogP contribution in [0.15, 0.2) is 95.2 Å². The minimum Gasteiger partial charge on any atom is -0.380 e. The van der Waals surface area contributed by atoms with E-state index in [0.717, 1.165) is 44.5 Å². The molecule has 0 saturated carbocycles. The monoisotopic (exact) mass is 650 g/mol. The van der Waals surface area contributed by atoms with Gasteiger partial charge in [0.25, 0.3) is 0 Å². The Bertz CT molecular complexity index is 1610. The highest BCUT2D eigenvalue weighted by molar-refractivity contribution is 7.81. The molecule has 0 N–H and O–H groups in total. The number of rotatable bonds is 8. The molecule has 6 rings (SSSR count). The van der Waals surface area contributed by atoms with Crippen LogP contribution in [0, 0.1) is 0 Å². The van der Waals surface area contributed by atoms with Gasteiger partial charge in [0, 0.05) is 35.4 Å². The molecule has 0 radical (unpaired) electrons. The fourth-order valence-corrected chi connectivity index (χ4v) is 5.69. The van der Waals surface area contributed by atoms with Gasteiger partial charge in [0.2, 0.25) is 11.1 Å². The van der Waals surface area contributed by atoms with Gasteiger partial charge in [-0.1, -0.05) is 82.0 Å². The molecule has 0 amide bonds. The first-order valence-corrected chi connectivity index (χ1v) is 15.5. The molecule has 0 bridgehead atoms. The summed E-state index contributed by atoms with van der Waals surface area (Å²) in [6.07, 6.45) is 0.201. The Morgan fingerprint density at radius 2 is 1.18 bits per heavy atom. The van der Waals surface area contributed by atoms with Crippen molar-refractivity contribution in [3.63, 3.8) is 0 Å². The second-order valence-electron chi connectivity index (χ2n) is 9.86. The minimum atomic E-state index is -1.36. The van der Waals surface area contributed by atoms with E-state index in [0.29, 0.717) is 40.4 Å². The minimum absolute atomic E-state index is 0.201. The highest BCUT2D eigenvalue weighted by atomic mass is 35.5. The number of methoxy groups -OCH3 is 2. The summed E-state index contributed by atoms with van der Waals surface area (Å²) in [5, 5.41) is 9.07. The Morgan fingerprint density at radius 1 is 0.705 bits per heavy atom. The van der Waals surface area contributed by atoms with Crippen LogP contribution in [0.4, 0.5) is 0 Å². The van der Waals surface area contributed by atoms with E-state index in [1.54, 1.807) is 14.2 Å². The van der Waals surface area contributed by atoms with Crippen molar-refractivity contribution in [2.24, 2.45) is 10.3 Å². The van der Waals surface area contributed by atoms with Gasteiger partial charge in [-0.15, -0.1) is 0 Å². The van der Waals surface area contributed by atoms with Gasteiger partial charge >= 0.3 is 5.97 Å². The highest BCUT2D eigenvalue weighted by Crippen LogP contribution is 2.29. The maximum Gasteiger partial charge on any atom is 0.341 e. The molecule has 2 aliphatic rings. The molecule has 226 valence electrons. The molecule has 0 fully saturated rings. The molecular weight excluding hydrogens is 623 g/mol. The van der Waals surface area contributed by atoms with Crippen molar-refractivity contribution in [1.82, 2.24) is 0 Å². The maximum absolute atomic E-state index is 11.3. The Morgan fingerprint density at radius 3 is 1.59 bits per heavy atom. The molecule has 8 nitrogen and oxygen atoms in total. The molecule has 2 heterocycles. The van der Waals surface area contributed by atoms with E-state index in [1.165, 1.54) is 0 Å². The first-order valence-electron chi connectivity index (χ1n) is 13.5. The molecule has 11 heteroatoms. The summed E-state index contributed by atoms with van der Waals surface area (Å²) in [5.74, 6) is -0.0164. The zero-order valence-corrected chi connectivity index (χ0v) is 26.2. The van der Waals surface area contributed by atoms with Gasteiger partial charge in [-0.2, -0.15) is 0 Å². The Hall–Kier alpha value is -3.86. The summed E-state index contributed by atoms with van der Waals surface area (Å²) in [6.45, 7) is 0.941. The first-order chi connectivity index (χ1) is 21.3. The van der Waals surface area contributed by atoms with Crippen LogP contribution in [0.3, 0.4) is 0 Å². The maximum atomic E-state index is 11.3. The van der Waals surface area contributed by atoms with E-state index in [9.17, 15) is 9.00 Å². The number of nitrogens with zero attached hydrogens (tertiary/aromatic N) is 2. The number of carbonyl (C=O) groups is 1. The van der Waals surface area contributed by atoms with Crippen LogP contribution < -0.4 is 0 Å². The van der Waals surface area contributed by atoms with Crippen LogP contribution in [-0.4, -0.2) is 41.6 Å². The van der Waals surface area contributed by atoms with Crippen LogP contribution >= 0.6 is 23.2 Å². The second kappa shape index (κ2) is 14.7. The van der Waals surface area contributed by atoms with Crippen molar-refractivity contribution in [1.29, 1.82) is 0 Å². The summed E-state index contributed by atoms with van der Waals surface area (Å²) in [7, 11) is 3.31. The smallest absolute Gasteiger partial charge is 0.341 e. The normalized spacial score (nSPS) is 15.5. The van der Waals surface area contributed by atoms with Crippen LogP contribution in [0.25, 0.3) is 22.3 Å². The van der Waals surface area contributed by atoms with Gasteiger partial charge in [-0.25, -0.2) is 9.00 Å². The summed E-state index contributed by atoms with van der Waals surface area (Å²) < 4.78 is 26.6. The van der Waals surface area contributed by atoms with Crippen LogP contribution in [0.5, 0.6) is 0 Å². The van der Waals surface area contributed by atoms with Gasteiger partial charge in [0.05, 0.1) is 25.3 Å². The van der Waals surface area contributed by atoms with E-state index >= 15 is 0 Å². The van der Waals surface area contributed by atoms with E-state index in [1.807, 2.05) is 84.9 Å². The molecule has 0 spiro atoms. The number of ether oxygens (including phenoxy) is 2. The van der Waals surface area contributed by atoms with Gasteiger partial charge in [0.15, 0.2) is 0 Å². The molecule has 1 unspecified atom stereocenters. The predicted octanol–water partition coefficient (Wildman–Crippen LogP) is 7.36. The summed E-state index contributed by atoms with van der Waals surface area (Å²) in [4.78, 5) is 15.8. The average molecular weight is 652 g/mol. The third-order valence-electron chi connectivity index (χ3n) is 6.84. The summed E-state index contributed by atoms with van der Waals surface area (Å²) in [6, 6.07) is 27.2. The van der Waals surface area contributed by atoms with E-state index in [2.05, 4.69) is 15.1 Å². The Balaban J connectivity index is 0.000000175. The quantitative estimate of drug-likeness (QED) is 0.185. The van der Waals surface area contributed by atoms with Crippen molar-refractivity contribution in [3.8, 4) is 22.3 Å². The lowest BCUT2D eigenvalue weighted by molar-refractivity contribution is -0.140. The van der Waals surface area contributed by atoms with E-state index in [4.69, 9.17) is 37.0 Å². The number of hydrogen-bond acceptors (Lipinski definition) is 8. The lowest BCUT2D eigenvalue weighted by Crippen LogP contribution is -2.06. The molecule has 4 aromatic carbocycles. The standard InChI is InChI=1S/C17H14ClNO3.C16H14ClNO3S/c1-21-10-13-8-12(16-9-17(20)22-19-16)4-7-15(13)11-2-5-14(18)6-3-11;1-20-9-13-8-12(16-10-22(19)21-18-16)4-7-15(13)11-2-5-14(17)6-3-11/h2*2-8H,9-10H2,1H3. The Kier molecular flexibility index (Phi) is 10.6. The Labute approximate surface area is 267 Å². The van der Waals surface area contributed by atoms with Crippen LogP contribution in [0.2, 0.25) is 10.0 Å². The van der Waals surface area contributed by atoms with Crippen LogP contribution in [-0.2, 0) is 47.7 Å². The van der Waals surface area contributed by atoms with Crippen molar-refractivity contribution < 1.29 is 27.6 Å². The molecule has 0 aliphatic carbocycles. The molecule has 0 saturated heterocycles. The highest BCUT2D eigenvalue weighted by Gasteiger charge is 2.21. The third kappa shape index (κ3) is 7.80. The summed E-state index contributed by atoms with van der Waals surface area (Å²) in [5.41, 5.74) is 9.41. The van der Waals surface area contributed by atoms with Crippen molar-refractivity contribution in [2.45, 2.75) is 19.6 Å². The van der Waals surface area contributed by atoms with Gasteiger partial charge in [0.1, 0.15) is 11.5 Å². The molecule has 0 aromatic heterocycles. The van der Waals surface area contributed by atoms with E-state index < -0.39 is 11.1 Å². The van der Waals surface area contributed by atoms with Crippen LogP contribution in [0.1, 0.15) is 28.7 Å². The second-order valence-corrected chi connectivity index (χ2v) is 11.8. The average Bonchev–Trinajstić information content (AvgIpc) is 3.67. The molecule has 1 atom stereocenters. The van der Waals surface area contributed by atoms with Crippen molar-refractivity contribution >= 4 is 51.7 Å². The molecular formula is C33H28Cl2N2O6S. The zero-order valence-electron chi connectivity index (χ0n) is 23.9. The largest absolute Gasteiger partial charge is 0.380 e. The number of oxime groups is 2. The van der Waals surface area contributed by atoms with Crippen molar-refractivity contribution in [3.05, 3.63) is 117 Å². The summed E-state index contributed by atoms with van der Waals surface area (Å²) >= 11 is 10.5. The van der Waals surface area contributed by atoms with E-state index in [-0.39, 0.29) is 12.4 Å². The third-order valence-corrected chi connectivity index (χ3v) is 8.10. The number of hydrogen-bond donors (Lipinski definition) is 0. The topological polar surface area (TPSA) is 95.8 Å². The lowest BCUT2D eigenvalue weighted by Gasteiger charge is -2.11. The number of halogens is 2. The molecule has 2 aliphatic heterocycles. The fourth-order valence-electron chi connectivity index (χ4n) is 4.77. The SMILES string of the molecule is COCc1cc(C2=NOC(=O)C2)ccc1-c1ccc(Cl)cc1.COCc1cc(C2=NOS(=O)C2)ccc1-c1ccc(Cl)cc1. The molecule has 4 aromatic rings. The zero-order chi connectivity index (χ0) is 31.1.